The highest BCUT2D eigenvalue weighted by molar-refractivity contribution is 5.26. The number of morpholine rings is 1. The molecule has 0 aliphatic carbocycles. The van der Waals surface area contributed by atoms with Crippen LogP contribution in [0.15, 0.2) is 18.2 Å². The first-order valence-electron chi connectivity index (χ1n) is 5.82. The molecule has 94 valence electrons. The van der Waals surface area contributed by atoms with Gasteiger partial charge in [-0.15, -0.1) is 0 Å². The first-order chi connectivity index (χ1) is 8.08. The standard InChI is InChI=1S/C13H18FNO2/c1-9-7-10(3-4-11(9)14)13(16)12-8-15(2)5-6-17-12/h3-4,7,12-13,16H,5-6,8H2,1-2H3. The van der Waals surface area contributed by atoms with E-state index in [4.69, 9.17) is 4.74 Å². The number of ether oxygens (including phenoxy) is 1. The zero-order chi connectivity index (χ0) is 12.4. The van der Waals surface area contributed by atoms with Gasteiger partial charge in [0.1, 0.15) is 18.0 Å². The molecule has 17 heavy (non-hydrogen) atoms. The number of halogens is 1. The number of hydrogen-bond donors (Lipinski definition) is 1. The summed E-state index contributed by atoms with van der Waals surface area (Å²) < 4.78 is 18.7. The van der Waals surface area contributed by atoms with Crippen molar-refractivity contribution in [3.05, 3.63) is 35.1 Å². The number of likely N-dealkylation sites (N-methyl/N-ethyl adjacent to an activating group) is 1. The lowest BCUT2D eigenvalue weighted by molar-refractivity contribution is -0.0845. The number of rotatable bonds is 2. The minimum Gasteiger partial charge on any atom is -0.386 e. The van der Waals surface area contributed by atoms with Gasteiger partial charge in [0.2, 0.25) is 0 Å². The van der Waals surface area contributed by atoms with Gasteiger partial charge in [-0.1, -0.05) is 12.1 Å². The van der Waals surface area contributed by atoms with E-state index in [9.17, 15) is 9.50 Å². The van der Waals surface area contributed by atoms with E-state index < -0.39 is 6.10 Å². The van der Waals surface area contributed by atoms with Crippen LogP contribution in [-0.4, -0.2) is 42.9 Å². The predicted molar refractivity (Wildman–Crippen MR) is 63.3 cm³/mol. The Kier molecular flexibility index (Phi) is 3.76. The molecule has 1 saturated heterocycles. The molecule has 1 aromatic carbocycles. The molecule has 1 fully saturated rings. The van der Waals surface area contributed by atoms with Crippen molar-refractivity contribution in [2.24, 2.45) is 0 Å². The van der Waals surface area contributed by atoms with Gasteiger partial charge in [0.25, 0.3) is 0 Å². The second kappa shape index (κ2) is 5.12. The van der Waals surface area contributed by atoms with Crippen LogP contribution in [-0.2, 0) is 4.74 Å². The van der Waals surface area contributed by atoms with Crippen LogP contribution in [0.25, 0.3) is 0 Å². The quantitative estimate of drug-likeness (QED) is 0.849. The van der Waals surface area contributed by atoms with Crippen molar-refractivity contribution in [1.29, 1.82) is 0 Å². The fraction of sp³-hybridized carbons (Fsp3) is 0.538. The number of benzene rings is 1. The lowest BCUT2D eigenvalue weighted by Crippen LogP contribution is -2.43. The molecule has 0 spiro atoms. The second-order valence-electron chi connectivity index (χ2n) is 4.62. The lowest BCUT2D eigenvalue weighted by atomic mass is 10.0. The summed E-state index contributed by atoms with van der Waals surface area (Å²) in [6.45, 7) is 3.89. The Morgan fingerprint density at radius 2 is 2.29 bits per heavy atom. The van der Waals surface area contributed by atoms with Crippen LogP contribution in [0.5, 0.6) is 0 Å². The van der Waals surface area contributed by atoms with Gasteiger partial charge < -0.3 is 14.7 Å². The van der Waals surface area contributed by atoms with Crippen LogP contribution >= 0.6 is 0 Å². The van der Waals surface area contributed by atoms with Gasteiger partial charge in [0, 0.05) is 13.1 Å². The molecule has 3 nitrogen and oxygen atoms in total. The summed E-state index contributed by atoms with van der Waals surface area (Å²) in [5, 5.41) is 10.2. The predicted octanol–water partition coefficient (Wildman–Crippen LogP) is 1.50. The van der Waals surface area contributed by atoms with Gasteiger partial charge in [0.05, 0.1) is 6.61 Å². The Hall–Kier alpha value is -0.970. The van der Waals surface area contributed by atoms with Crippen LogP contribution in [0.3, 0.4) is 0 Å². The summed E-state index contributed by atoms with van der Waals surface area (Å²) >= 11 is 0. The summed E-state index contributed by atoms with van der Waals surface area (Å²) in [6.07, 6.45) is -0.935. The monoisotopic (exact) mass is 239 g/mol. The molecule has 1 aromatic rings. The minimum atomic E-state index is -0.697. The molecule has 2 unspecified atom stereocenters. The van der Waals surface area contributed by atoms with Crippen LogP contribution in [0, 0.1) is 12.7 Å². The summed E-state index contributed by atoms with van der Waals surface area (Å²) in [5.74, 6) is -0.248. The normalized spacial score (nSPS) is 23.6. The molecule has 0 saturated carbocycles. The van der Waals surface area contributed by atoms with Crippen LogP contribution in [0.4, 0.5) is 4.39 Å². The third kappa shape index (κ3) is 2.83. The van der Waals surface area contributed by atoms with Gasteiger partial charge in [-0.25, -0.2) is 4.39 Å². The van der Waals surface area contributed by atoms with E-state index in [1.54, 1.807) is 19.1 Å². The first kappa shape index (κ1) is 12.5. The van der Waals surface area contributed by atoms with Crippen molar-refractivity contribution >= 4 is 0 Å². The fourth-order valence-corrected chi connectivity index (χ4v) is 2.07. The topological polar surface area (TPSA) is 32.7 Å². The molecule has 4 heteroatoms. The molecule has 2 rings (SSSR count). The highest BCUT2D eigenvalue weighted by atomic mass is 19.1. The average Bonchev–Trinajstić information content (AvgIpc) is 2.32. The summed E-state index contributed by atoms with van der Waals surface area (Å²) in [7, 11) is 2.00. The number of hydrogen-bond acceptors (Lipinski definition) is 3. The van der Waals surface area contributed by atoms with E-state index >= 15 is 0 Å². The second-order valence-corrected chi connectivity index (χ2v) is 4.62. The maximum absolute atomic E-state index is 13.1. The van der Waals surface area contributed by atoms with Crippen molar-refractivity contribution in [1.82, 2.24) is 4.90 Å². The van der Waals surface area contributed by atoms with Crippen LogP contribution in [0.1, 0.15) is 17.2 Å². The highest BCUT2D eigenvalue weighted by Crippen LogP contribution is 2.23. The van der Waals surface area contributed by atoms with Crippen molar-refractivity contribution in [2.75, 3.05) is 26.7 Å². The lowest BCUT2D eigenvalue weighted by Gasteiger charge is -2.33. The Balaban J connectivity index is 2.12. The smallest absolute Gasteiger partial charge is 0.126 e. The molecule has 1 aliphatic rings. The molecule has 2 atom stereocenters. The van der Waals surface area contributed by atoms with E-state index in [1.165, 1.54) is 6.07 Å². The third-order valence-corrected chi connectivity index (χ3v) is 3.17. The third-order valence-electron chi connectivity index (χ3n) is 3.17. The largest absolute Gasteiger partial charge is 0.386 e. The van der Waals surface area contributed by atoms with Crippen molar-refractivity contribution in [2.45, 2.75) is 19.1 Å². The number of nitrogens with zero attached hydrogens (tertiary/aromatic N) is 1. The van der Waals surface area contributed by atoms with Gasteiger partial charge in [-0.3, -0.25) is 0 Å². The Morgan fingerprint density at radius 3 is 2.94 bits per heavy atom. The number of aryl methyl sites for hydroxylation is 1. The highest BCUT2D eigenvalue weighted by Gasteiger charge is 2.26. The SMILES string of the molecule is Cc1cc(C(O)C2CN(C)CCO2)ccc1F. The van der Waals surface area contributed by atoms with Crippen LogP contribution in [0.2, 0.25) is 0 Å². The Labute approximate surface area is 101 Å². The van der Waals surface area contributed by atoms with E-state index in [0.717, 1.165) is 6.54 Å². The van der Waals surface area contributed by atoms with Crippen molar-refractivity contribution < 1.29 is 14.2 Å². The molecular formula is C13H18FNO2. The van der Waals surface area contributed by atoms with E-state index in [0.29, 0.717) is 24.3 Å². The molecule has 0 bridgehead atoms. The first-order valence-corrected chi connectivity index (χ1v) is 5.82. The summed E-state index contributed by atoms with van der Waals surface area (Å²) in [4.78, 5) is 2.12. The average molecular weight is 239 g/mol. The molecule has 1 heterocycles. The van der Waals surface area contributed by atoms with E-state index in [-0.39, 0.29) is 11.9 Å². The zero-order valence-corrected chi connectivity index (χ0v) is 10.2. The molecule has 0 amide bonds. The van der Waals surface area contributed by atoms with Gasteiger partial charge in [-0.2, -0.15) is 0 Å². The maximum Gasteiger partial charge on any atom is 0.126 e. The Morgan fingerprint density at radius 1 is 1.53 bits per heavy atom. The van der Waals surface area contributed by atoms with Crippen molar-refractivity contribution in [3.63, 3.8) is 0 Å². The molecular weight excluding hydrogens is 221 g/mol. The van der Waals surface area contributed by atoms with E-state index in [2.05, 4.69) is 4.90 Å². The molecule has 0 aromatic heterocycles. The van der Waals surface area contributed by atoms with Gasteiger partial charge >= 0.3 is 0 Å². The van der Waals surface area contributed by atoms with E-state index in [1.807, 2.05) is 7.05 Å². The summed E-state index contributed by atoms with van der Waals surface area (Å²) in [6, 6.07) is 4.68. The van der Waals surface area contributed by atoms with Gasteiger partial charge in [0.15, 0.2) is 0 Å². The van der Waals surface area contributed by atoms with Crippen LogP contribution < -0.4 is 0 Å². The molecule has 1 N–H and O–H groups in total. The number of aliphatic hydroxyl groups excluding tert-OH is 1. The molecule has 1 aliphatic heterocycles. The van der Waals surface area contributed by atoms with Gasteiger partial charge in [-0.05, 0) is 31.2 Å². The number of aliphatic hydroxyl groups is 1. The fourth-order valence-electron chi connectivity index (χ4n) is 2.07. The minimum absolute atomic E-state index is 0.237. The zero-order valence-electron chi connectivity index (χ0n) is 10.2. The molecule has 0 radical (unpaired) electrons. The van der Waals surface area contributed by atoms with Crippen molar-refractivity contribution in [3.8, 4) is 0 Å². The summed E-state index contributed by atoms with van der Waals surface area (Å²) in [5.41, 5.74) is 1.26. The maximum atomic E-state index is 13.1. The Bertz CT molecular complexity index is 397.